The lowest BCUT2D eigenvalue weighted by atomic mass is 10.0. The molecule has 1 aliphatic heterocycles. The van der Waals surface area contributed by atoms with Crippen molar-refractivity contribution in [3.8, 4) is 0 Å². The van der Waals surface area contributed by atoms with Crippen LogP contribution in [0.1, 0.15) is 28.9 Å². The minimum Gasteiger partial charge on any atom is -0.334 e. The molecule has 0 saturated carbocycles. The van der Waals surface area contributed by atoms with E-state index in [4.69, 9.17) is 0 Å². The first-order chi connectivity index (χ1) is 11.6. The van der Waals surface area contributed by atoms with Gasteiger partial charge in [0.05, 0.1) is 11.6 Å². The number of carbonyl (C=O) groups is 2. The van der Waals surface area contributed by atoms with Crippen molar-refractivity contribution in [3.63, 3.8) is 0 Å². The molecule has 1 unspecified atom stereocenters. The second kappa shape index (κ2) is 6.83. The normalized spacial score (nSPS) is 17.7. The molecule has 1 atom stereocenters. The summed E-state index contributed by atoms with van der Waals surface area (Å²) < 4.78 is 13.9. The fraction of sp³-hybridized carbons (Fsp3) is 0.263. The molecule has 2 aromatic rings. The molecule has 1 fully saturated rings. The standard InChI is InChI=1S/C19H19FN2O2/c1-14(23)22-12-11-21(13-18(22)15-7-3-2-4-8-15)19(24)16-9-5-6-10-17(16)20/h2-10,18H,11-13H2,1H3. The topological polar surface area (TPSA) is 40.6 Å². The highest BCUT2D eigenvalue weighted by atomic mass is 19.1. The Kier molecular flexibility index (Phi) is 4.60. The summed E-state index contributed by atoms with van der Waals surface area (Å²) in [4.78, 5) is 28.0. The molecular weight excluding hydrogens is 307 g/mol. The Bertz CT molecular complexity index is 748. The summed E-state index contributed by atoms with van der Waals surface area (Å²) >= 11 is 0. The average Bonchev–Trinajstić information content (AvgIpc) is 2.61. The van der Waals surface area contributed by atoms with E-state index in [9.17, 15) is 14.0 Å². The number of hydrogen-bond donors (Lipinski definition) is 0. The lowest BCUT2D eigenvalue weighted by Crippen LogP contribution is -2.52. The van der Waals surface area contributed by atoms with E-state index in [-0.39, 0.29) is 23.4 Å². The van der Waals surface area contributed by atoms with Crippen molar-refractivity contribution in [2.75, 3.05) is 19.6 Å². The molecule has 2 aromatic carbocycles. The Morgan fingerprint density at radius 1 is 1.00 bits per heavy atom. The first-order valence-corrected chi connectivity index (χ1v) is 7.94. The van der Waals surface area contributed by atoms with E-state index in [0.717, 1.165) is 5.56 Å². The lowest BCUT2D eigenvalue weighted by Gasteiger charge is -2.41. The fourth-order valence-electron chi connectivity index (χ4n) is 3.11. The van der Waals surface area contributed by atoms with Gasteiger partial charge in [-0.1, -0.05) is 42.5 Å². The maximum Gasteiger partial charge on any atom is 0.256 e. The van der Waals surface area contributed by atoms with Crippen molar-refractivity contribution in [2.24, 2.45) is 0 Å². The first kappa shape index (κ1) is 16.2. The third kappa shape index (κ3) is 3.15. The summed E-state index contributed by atoms with van der Waals surface area (Å²) in [5.41, 5.74) is 1.04. The molecule has 0 radical (unpaired) electrons. The van der Waals surface area contributed by atoms with Crippen LogP contribution in [-0.2, 0) is 4.79 Å². The van der Waals surface area contributed by atoms with Crippen LogP contribution in [0.2, 0.25) is 0 Å². The molecule has 0 spiro atoms. The Morgan fingerprint density at radius 2 is 1.67 bits per heavy atom. The van der Waals surface area contributed by atoms with Crippen molar-refractivity contribution in [2.45, 2.75) is 13.0 Å². The quantitative estimate of drug-likeness (QED) is 0.851. The number of benzene rings is 2. The number of carbonyl (C=O) groups excluding carboxylic acids is 2. The molecule has 2 amide bonds. The van der Waals surface area contributed by atoms with Gasteiger partial charge in [-0.25, -0.2) is 4.39 Å². The van der Waals surface area contributed by atoms with Crippen LogP contribution >= 0.6 is 0 Å². The zero-order valence-corrected chi connectivity index (χ0v) is 13.5. The molecule has 3 rings (SSSR count). The number of nitrogens with zero attached hydrogens (tertiary/aromatic N) is 2. The SMILES string of the molecule is CC(=O)N1CCN(C(=O)c2ccccc2F)CC1c1ccccc1. The first-order valence-electron chi connectivity index (χ1n) is 7.94. The molecule has 1 heterocycles. The van der Waals surface area contributed by atoms with E-state index < -0.39 is 5.82 Å². The summed E-state index contributed by atoms with van der Waals surface area (Å²) in [6.45, 7) is 2.73. The maximum absolute atomic E-state index is 13.9. The largest absolute Gasteiger partial charge is 0.334 e. The Balaban J connectivity index is 1.87. The smallest absolute Gasteiger partial charge is 0.256 e. The van der Waals surface area contributed by atoms with Crippen LogP contribution in [0, 0.1) is 5.82 Å². The van der Waals surface area contributed by atoms with Gasteiger partial charge in [0.15, 0.2) is 0 Å². The third-order valence-electron chi connectivity index (χ3n) is 4.36. The third-order valence-corrected chi connectivity index (χ3v) is 4.36. The maximum atomic E-state index is 13.9. The van der Waals surface area contributed by atoms with Gasteiger partial charge in [0.25, 0.3) is 5.91 Å². The van der Waals surface area contributed by atoms with Gasteiger partial charge < -0.3 is 9.80 Å². The predicted octanol–water partition coefficient (Wildman–Crippen LogP) is 2.87. The Hall–Kier alpha value is -2.69. The Morgan fingerprint density at radius 3 is 2.33 bits per heavy atom. The minimum atomic E-state index is -0.521. The van der Waals surface area contributed by atoms with Crippen LogP contribution in [-0.4, -0.2) is 41.2 Å². The van der Waals surface area contributed by atoms with E-state index >= 15 is 0 Å². The molecule has 0 aromatic heterocycles. The highest BCUT2D eigenvalue weighted by Gasteiger charge is 2.32. The lowest BCUT2D eigenvalue weighted by molar-refractivity contribution is -0.133. The molecule has 1 saturated heterocycles. The van der Waals surface area contributed by atoms with Crippen LogP contribution in [0.15, 0.2) is 54.6 Å². The van der Waals surface area contributed by atoms with Crippen molar-refractivity contribution in [3.05, 3.63) is 71.5 Å². The predicted molar refractivity (Wildman–Crippen MR) is 88.9 cm³/mol. The van der Waals surface area contributed by atoms with Crippen molar-refractivity contribution >= 4 is 11.8 Å². The Labute approximate surface area is 140 Å². The van der Waals surface area contributed by atoms with Gasteiger partial charge >= 0.3 is 0 Å². The molecule has 0 bridgehead atoms. The zero-order valence-electron chi connectivity index (χ0n) is 13.5. The summed E-state index contributed by atoms with van der Waals surface area (Å²) in [6.07, 6.45) is 0. The van der Waals surface area contributed by atoms with E-state index in [2.05, 4.69) is 0 Å². The molecule has 124 valence electrons. The van der Waals surface area contributed by atoms with Gasteiger partial charge in [0, 0.05) is 26.6 Å². The average molecular weight is 326 g/mol. The van der Waals surface area contributed by atoms with Gasteiger partial charge in [-0.2, -0.15) is 0 Å². The number of rotatable bonds is 2. The number of halogens is 1. The number of piperazine rings is 1. The van der Waals surface area contributed by atoms with Gasteiger partial charge in [-0.05, 0) is 17.7 Å². The van der Waals surface area contributed by atoms with Gasteiger partial charge in [-0.3, -0.25) is 9.59 Å². The van der Waals surface area contributed by atoms with Crippen LogP contribution in [0.5, 0.6) is 0 Å². The summed E-state index contributed by atoms with van der Waals surface area (Å²) in [7, 11) is 0. The van der Waals surface area contributed by atoms with Crippen LogP contribution < -0.4 is 0 Å². The summed E-state index contributed by atoms with van der Waals surface area (Å²) in [5, 5.41) is 0. The minimum absolute atomic E-state index is 0.0261. The van der Waals surface area contributed by atoms with Crippen LogP contribution in [0.25, 0.3) is 0 Å². The van der Waals surface area contributed by atoms with Gasteiger partial charge in [0.2, 0.25) is 5.91 Å². The highest BCUT2D eigenvalue weighted by molar-refractivity contribution is 5.94. The highest BCUT2D eigenvalue weighted by Crippen LogP contribution is 2.26. The van der Waals surface area contributed by atoms with Gasteiger partial charge in [-0.15, -0.1) is 0 Å². The van der Waals surface area contributed by atoms with Crippen molar-refractivity contribution in [1.29, 1.82) is 0 Å². The van der Waals surface area contributed by atoms with E-state index in [1.54, 1.807) is 21.9 Å². The van der Waals surface area contributed by atoms with E-state index in [0.29, 0.717) is 19.6 Å². The summed E-state index contributed by atoms with van der Waals surface area (Å²) in [6, 6.07) is 15.4. The van der Waals surface area contributed by atoms with Crippen molar-refractivity contribution < 1.29 is 14.0 Å². The van der Waals surface area contributed by atoms with Crippen LogP contribution in [0.4, 0.5) is 4.39 Å². The monoisotopic (exact) mass is 326 g/mol. The molecule has 0 aliphatic carbocycles. The molecule has 1 aliphatic rings. The molecule has 5 heteroatoms. The van der Waals surface area contributed by atoms with E-state index in [1.165, 1.54) is 19.1 Å². The van der Waals surface area contributed by atoms with Crippen molar-refractivity contribution in [1.82, 2.24) is 9.80 Å². The second-order valence-electron chi connectivity index (χ2n) is 5.87. The fourth-order valence-corrected chi connectivity index (χ4v) is 3.11. The van der Waals surface area contributed by atoms with Gasteiger partial charge in [0.1, 0.15) is 5.82 Å². The number of amides is 2. The molecule has 4 nitrogen and oxygen atoms in total. The molecular formula is C19H19FN2O2. The molecule has 24 heavy (non-hydrogen) atoms. The number of hydrogen-bond acceptors (Lipinski definition) is 2. The zero-order chi connectivity index (χ0) is 17.1. The molecule has 0 N–H and O–H groups in total. The van der Waals surface area contributed by atoms with E-state index in [1.807, 2.05) is 30.3 Å². The van der Waals surface area contributed by atoms with Crippen LogP contribution in [0.3, 0.4) is 0 Å². The summed E-state index contributed by atoms with van der Waals surface area (Å²) in [5.74, 6) is -0.883. The second-order valence-corrected chi connectivity index (χ2v) is 5.87.